The summed E-state index contributed by atoms with van der Waals surface area (Å²) in [6.07, 6.45) is 0.623. The molecule has 10 nitrogen and oxygen atoms in total. The summed E-state index contributed by atoms with van der Waals surface area (Å²) >= 11 is 5.95. The van der Waals surface area contributed by atoms with Crippen molar-refractivity contribution < 1.29 is 33.0 Å². The first-order chi connectivity index (χ1) is 16.1. The van der Waals surface area contributed by atoms with Crippen molar-refractivity contribution in [2.45, 2.75) is 30.2 Å². The number of benzene rings is 2. The molecule has 0 saturated heterocycles. The van der Waals surface area contributed by atoms with E-state index in [0.29, 0.717) is 22.8 Å². The second-order valence-electron chi connectivity index (χ2n) is 7.50. The van der Waals surface area contributed by atoms with Gasteiger partial charge in [-0.25, -0.2) is 17.9 Å². The van der Waals surface area contributed by atoms with Gasteiger partial charge in [0.1, 0.15) is 5.75 Å². The quantitative estimate of drug-likeness (QED) is 0.304. The number of aliphatic hydroxyl groups is 2. The standard InChI is InChI=1S/C22H28ClN3O7S/c1-3-22(13-27,14-28)25-21(30)26-34(31,32)17-7-4-15(5-8-17)10-11-24-20(29)18-12-16(23)6-9-19(18)33-2/h4-9,12,27-28H,3,10-11,13-14H2,1-2H3,(H,24,29)(H2,25,26,30). The summed E-state index contributed by atoms with van der Waals surface area (Å²) < 4.78 is 32.0. The zero-order valence-corrected chi connectivity index (χ0v) is 20.4. The highest BCUT2D eigenvalue weighted by Gasteiger charge is 2.30. The number of methoxy groups -OCH3 is 1. The predicted molar refractivity (Wildman–Crippen MR) is 127 cm³/mol. The normalized spacial score (nSPS) is 11.6. The molecule has 0 saturated carbocycles. The number of halogens is 1. The van der Waals surface area contributed by atoms with Crippen LogP contribution in [0.1, 0.15) is 29.3 Å². The molecular weight excluding hydrogens is 486 g/mol. The van der Waals surface area contributed by atoms with Crippen molar-refractivity contribution in [1.29, 1.82) is 0 Å². The molecule has 5 N–H and O–H groups in total. The van der Waals surface area contributed by atoms with E-state index in [1.165, 1.54) is 25.3 Å². The molecule has 0 radical (unpaired) electrons. The number of sulfonamides is 1. The maximum Gasteiger partial charge on any atom is 0.329 e. The fourth-order valence-electron chi connectivity index (χ4n) is 3.00. The van der Waals surface area contributed by atoms with Crippen molar-refractivity contribution in [3.05, 3.63) is 58.6 Å². The van der Waals surface area contributed by atoms with E-state index in [0.717, 1.165) is 5.56 Å². The number of hydrogen-bond donors (Lipinski definition) is 5. The number of ether oxygens (including phenoxy) is 1. The van der Waals surface area contributed by atoms with Crippen LogP contribution in [0.5, 0.6) is 5.75 Å². The molecule has 0 atom stereocenters. The van der Waals surface area contributed by atoms with E-state index in [1.807, 2.05) is 4.72 Å². The Balaban J connectivity index is 1.96. The molecular formula is C22H28ClN3O7S. The zero-order valence-electron chi connectivity index (χ0n) is 18.8. The maximum atomic E-state index is 12.5. The molecule has 2 aromatic rings. The zero-order chi connectivity index (χ0) is 25.4. The van der Waals surface area contributed by atoms with Crippen LogP contribution in [0.3, 0.4) is 0 Å². The Morgan fingerprint density at radius 2 is 1.74 bits per heavy atom. The molecule has 0 aliphatic carbocycles. The van der Waals surface area contributed by atoms with Gasteiger partial charge in [-0.05, 0) is 48.7 Å². The summed E-state index contributed by atoms with van der Waals surface area (Å²) in [6, 6.07) is 9.45. The summed E-state index contributed by atoms with van der Waals surface area (Å²) in [6.45, 7) is 0.808. The van der Waals surface area contributed by atoms with Gasteiger partial charge in [-0.15, -0.1) is 0 Å². The van der Waals surface area contributed by atoms with Crippen molar-refractivity contribution in [2.75, 3.05) is 26.9 Å². The Labute approximate surface area is 203 Å². The molecule has 0 bridgehead atoms. The average Bonchev–Trinajstić information content (AvgIpc) is 2.82. The minimum Gasteiger partial charge on any atom is -0.496 e. The lowest BCUT2D eigenvalue weighted by Crippen LogP contribution is -2.57. The van der Waals surface area contributed by atoms with Gasteiger partial charge < -0.3 is 25.6 Å². The number of rotatable bonds is 11. The van der Waals surface area contributed by atoms with E-state index in [1.54, 1.807) is 31.2 Å². The highest BCUT2D eigenvalue weighted by Crippen LogP contribution is 2.22. The van der Waals surface area contributed by atoms with Gasteiger partial charge in [-0.3, -0.25) is 4.79 Å². The number of nitrogens with one attached hydrogen (secondary N) is 3. The molecule has 0 unspecified atom stereocenters. The Kier molecular flexibility index (Phi) is 9.68. The molecule has 0 aliphatic heterocycles. The minimum absolute atomic E-state index is 0.144. The van der Waals surface area contributed by atoms with Crippen molar-refractivity contribution in [1.82, 2.24) is 15.4 Å². The molecule has 0 heterocycles. The lowest BCUT2D eigenvalue weighted by molar-refractivity contribution is 0.0943. The summed E-state index contributed by atoms with van der Waals surface area (Å²) in [4.78, 5) is 24.4. The molecule has 0 fully saturated rings. The van der Waals surface area contributed by atoms with Crippen LogP contribution in [-0.4, -0.2) is 63.0 Å². The van der Waals surface area contributed by atoms with Gasteiger partial charge in [0.2, 0.25) is 0 Å². The van der Waals surface area contributed by atoms with Crippen LogP contribution in [-0.2, 0) is 16.4 Å². The number of aliphatic hydroxyl groups excluding tert-OH is 2. The minimum atomic E-state index is -4.18. The Bertz CT molecular complexity index is 1100. The van der Waals surface area contributed by atoms with E-state index < -0.39 is 34.8 Å². The predicted octanol–water partition coefficient (Wildman–Crippen LogP) is 1.44. The van der Waals surface area contributed by atoms with Crippen LogP contribution in [0.25, 0.3) is 0 Å². The second-order valence-corrected chi connectivity index (χ2v) is 9.62. The molecule has 0 aliphatic rings. The number of carbonyl (C=O) groups excluding carboxylic acids is 2. The van der Waals surface area contributed by atoms with Crippen molar-refractivity contribution in [3.63, 3.8) is 0 Å². The fraction of sp³-hybridized carbons (Fsp3) is 0.364. The lowest BCUT2D eigenvalue weighted by Gasteiger charge is -2.29. The Morgan fingerprint density at radius 1 is 1.09 bits per heavy atom. The molecule has 0 spiro atoms. The topological polar surface area (TPSA) is 154 Å². The first kappa shape index (κ1) is 27.4. The van der Waals surface area contributed by atoms with E-state index in [-0.39, 0.29) is 23.8 Å². The van der Waals surface area contributed by atoms with Crippen LogP contribution in [0, 0.1) is 0 Å². The average molecular weight is 514 g/mol. The van der Waals surface area contributed by atoms with Crippen molar-refractivity contribution in [2.24, 2.45) is 0 Å². The van der Waals surface area contributed by atoms with E-state index in [9.17, 15) is 28.2 Å². The Hall–Kier alpha value is -2.86. The summed E-state index contributed by atoms with van der Waals surface area (Å²) in [5.41, 5.74) is -0.272. The van der Waals surface area contributed by atoms with Crippen LogP contribution in [0.4, 0.5) is 4.79 Å². The molecule has 3 amide bonds. The Morgan fingerprint density at radius 3 is 2.29 bits per heavy atom. The van der Waals surface area contributed by atoms with E-state index in [4.69, 9.17) is 16.3 Å². The highest BCUT2D eigenvalue weighted by atomic mass is 35.5. The van der Waals surface area contributed by atoms with Crippen molar-refractivity contribution in [3.8, 4) is 5.75 Å². The second kappa shape index (κ2) is 12.0. The first-order valence-corrected chi connectivity index (χ1v) is 12.2. The van der Waals surface area contributed by atoms with Gasteiger partial charge in [0.15, 0.2) is 0 Å². The van der Waals surface area contributed by atoms with Crippen LogP contribution >= 0.6 is 11.6 Å². The first-order valence-electron chi connectivity index (χ1n) is 10.4. The molecule has 186 valence electrons. The molecule has 0 aromatic heterocycles. The lowest BCUT2D eigenvalue weighted by atomic mass is 9.99. The van der Waals surface area contributed by atoms with Gasteiger partial charge >= 0.3 is 6.03 Å². The summed E-state index contributed by atoms with van der Waals surface area (Å²) in [7, 11) is -2.72. The smallest absolute Gasteiger partial charge is 0.329 e. The van der Waals surface area contributed by atoms with Crippen LogP contribution in [0.15, 0.2) is 47.4 Å². The number of carbonyl (C=O) groups is 2. The largest absolute Gasteiger partial charge is 0.496 e. The SMILES string of the molecule is CCC(CO)(CO)NC(=O)NS(=O)(=O)c1ccc(CCNC(=O)c2cc(Cl)ccc2OC)cc1. The summed E-state index contributed by atoms with van der Waals surface area (Å²) in [5.74, 6) is 0.0322. The van der Waals surface area contributed by atoms with E-state index >= 15 is 0 Å². The third kappa shape index (κ3) is 7.07. The molecule has 34 heavy (non-hydrogen) atoms. The monoisotopic (exact) mass is 513 g/mol. The van der Waals surface area contributed by atoms with Gasteiger partial charge in [0.05, 0.1) is 36.3 Å². The van der Waals surface area contributed by atoms with Crippen LogP contribution in [0.2, 0.25) is 5.02 Å². The van der Waals surface area contributed by atoms with E-state index in [2.05, 4.69) is 10.6 Å². The molecule has 2 aromatic carbocycles. The van der Waals surface area contributed by atoms with Crippen molar-refractivity contribution >= 4 is 33.6 Å². The third-order valence-electron chi connectivity index (χ3n) is 5.23. The van der Waals surface area contributed by atoms with Gasteiger partial charge in [-0.1, -0.05) is 30.7 Å². The van der Waals surface area contributed by atoms with Gasteiger partial charge in [-0.2, -0.15) is 0 Å². The van der Waals surface area contributed by atoms with Gasteiger partial charge in [0.25, 0.3) is 15.9 Å². The molecule has 2 rings (SSSR count). The number of urea groups is 1. The fourth-order valence-corrected chi connectivity index (χ4v) is 4.08. The molecule has 12 heteroatoms. The van der Waals surface area contributed by atoms with Gasteiger partial charge in [0, 0.05) is 11.6 Å². The highest BCUT2D eigenvalue weighted by molar-refractivity contribution is 7.90. The van der Waals surface area contributed by atoms with Crippen LogP contribution < -0.4 is 20.1 Å². The number of amides is 3. The summed E-state index contributed by atoms with van der Waals surface area (Å²) in [5, 5.41) is 24.2. The third-order valence-corrected chi connectivity index (χ3v) is 6.81. The number of hydrogen-bond acceptors (Lipinski definition) is 7. The maximum absolute atomic E-state index is 12.5.